The number of aryl methyl sites for hydroxylation is 1. The maximum absolute atomic E-state index is 10.7. The summed E-state index contributed by atoms with van der Waals surface area (Å²) >= 11 is -2.04. The normalized spacial score (nSPS) is 12.8. The van der Waals surface area contributed by atoms with Crippen LogP contribution in [0, 0.1) is 6.92 Å². The third-order valence-corrected chi connectivity index (χ3v) is 2.32. The molecule has 1 aromatic carbocycles. The van der Waals surface area contributed by atoms with Gasteiger partial charge in [-0.15, -0.1) is 0 Å². The van der Waals surface area contributed by atoms with E-state index in [4.69, 9.17) is 16.0 Å². The molecule has 66 valence electrons. The molecule has 4 nitrogen and oxygen atoms in total. The van der Waals surface area contributed by atoms with E-state index in [0.717, 1.165) is 5.56 Å². The first-order valence-electron chi connectivity index (χ1n) is 3.29. The Morgan fingerprint density at radius 2 is 1.92 bits per heavy atom. The summed E-state index contributed by atoms with van der Waals surface area (Å²) in [6.45, 7) is 1.76. The van der Waals surface area contributed by atoms with Crippen LogP contribution in [-0.2, 0) is 11.1 Å². The van der Waals surface area contributed by atoms with Crippen molar-refractivity contribution in [3.05, 3.63) is 17.7 Å². The zero-order chi connectivity index (χ0) is 9.30. The predicted molar refractivity (Wildman–Crippen MR) is 49.0 cm³/mol. The summed E-state index contributed by atoms with van der Waals surface area (Å²) in [5, 5.41) is 0. The molecule has 1 atom stereocenters. The lowest BCUT2D eigenvalue weighted by Crippen LogP contribution is -2.00. The Morgan fingerprint density at radius 1 is 1.33 bits per heavy atom. The molecule has 0 saturated heterocycles. The minimum absolute atomic E-state index is 0.210. The molecule has 0 heterocycles. The number of rotatable bonds is 1. The average molecular weight is 186 g/mol. The smallest absolute Gasteiger partial charge is 0.188 e. The minimum atomic E-state index is -2.04. The van der Waals surface area contributed by atoms with Crippen molar-refractivity contribution >= 4 is 22.5 Å². The molecule has 1 unspecified atom stereocenters. The van der Waals surface area contributed by atoms with Gasteiger partial charge in [0.1, 0.15) is 0 Å². The highest BCUT2D eigenvalue weighted by Crippen LogP contribution is 2.22. The van der Waals surface area contributed by atoms with Crippen LogP contribution in [0.2, 0.25) is 0 Å². The highest BCUT2D eigenvalue weighted by Gasteiger charge is 2.07. The highest BCUT2D eigenvalue weighted by molar-refractivity contribution is 7.79. The number of nitrogens with two attached hydrogens (primary N) is 2. The topological polar surface area (TPSA) is 89.3 Å². The summed E-state index contributed by atoms with van der Waals surface area (Å²) in [6, 6.07) is 3.00. The van der Waals surface area contributed by atoms with Crippen LogP contribution in [0.15, 0.2) is 17.0 Å². The van der Waals surface area contributed by atoms with Crippen molar-refractivity contribution in [3.8, 4) is 0 Å². The number of hydrogen-bond acceptors (Lipinski definition) is 3. The van der Waals surface area contributed by atoms with Crippen molar-refractivity contribution < 1.29 is 8.76 Å². The summed E-state index contributed by atoms with van der Waals surface area (Å²) in [6.07, 6.45) is 0. The molecular weight excluding hydrogens is 176 g/mol. The van der Waals surface area contributed by atoms with Gasteiger partial charge in [-0.2, -0.15) is 0 Å². The first-order valence-corrected chi connectivity index (χ1v) is 4.39. The van der Waals surface area contributed by atoms with E-state index in [1.54, 1.807) is 6.92 Å². The summed E-state index contributed by atoms with van der Waals surface area (Å²) < 4.78 is 19.4. The Kier molecular flexibility index (Phi) is 2.35. The molecular formula is C7H10N2O2S. The van der Waals surface area contributed by atoms with Gasteiger partial charge in [-0.25, -0.2) is 4.21 Å². The number of benzene rings is 1. The van der Waals surface area contributed by atoms with Gasteiger partial charge in [0.25, 0.3) is 0 Å². The lowest BCUT2D eigenvalue weighted by Gasteiger charge is -2.05. The molecule has 12 heavy (non-hydrogen) atoms. The molecule has 0 saturated carbocycles. The van der Waals surface area contributed by atoms with Crippen molar-refractivity contribution in [2.24, 2.45) is 0 Å². The van der Waals surface area contributed by atoms with E-state index in [1.165, 1.54) is 12.1 Å². The quantitative estimate of drug-likeness (QED) is 0.445. The minimum Gasteiger partial charge on any atom is -0.398 e. The van der Waals surface area contributed by atoms with E-state index in [0.29, 0.717) is 5.69 Å². The molecule has 5 N–H and O–H groups in total. The first-order chi connectivity index (χ1) is 5.52. The fourth-order valence-electron chi connectivity index (χ4n) is 0.867. The molecule has 0 fully saturated rings. The summed E-state index contributed by atoms with van der Waals surface area (Å²) in [4.78, 5) is 0.210. The molecule has 0 radical (unpaired) electrons. The Morgan fingerprint density at radius 3 is 2.42 bits per heavy atom. The van der Waals surface area contributed by atoms with Gasteiger partial charge in [0.05, 0.1) is 10.6 Å². The molecule has 0 amide bonds. The third kappa shape index (κ3) is 1.57. The Hall–Kier alpha value is -1.07. The van der Waals surface area contributed by atoms with E-state index < -0.39 is 11.1 Å². The molecule has 0 bridgehead atoms. The van der Waals surface area contributed by atoms with Crippen LogP contribution in [0.5, 0.6) is 0 Å². The fraction of sp³-hybridized carbons (Fsp3) is 0.143. The summed E-state index contributed by atoms with van der Waals surface area (Å²) in [7, 11) is 0. The van der Waals surface area contributed by atoms with E-state index in [2.05, 4.69) is 0 Å². The lowest BCUT2D eigenvalue weighted by molar-refractivity contribution is 0.565. The van der Waals surface area contributed by atoms with Crippen LogP contribution in [0.1, 0.15) is 5.56 Å². The second kappa shape index (κ2) is 3.12. The van der Waals surface area contributed by atoms with Gasteiger partial charge in [0, 0.05) is 5.69 Å². The van der Waals surface area contributed by atoms with Crippen molar-refractivity contribution in [1.82, 2.24) is 0 Å². The van der Waals surface area contributed by atoms with Crippen molar-refractivity contribution in [2.45, 2.75) is 11.8 Å². The Labute approximate surface area is 72.9 Å². The van der Waals surface area contributed by atoms with Crippen molar-refractivity contribution in [1.29, 1.82) is 0 Å². The van der Waals surface area contributed by atoms with Crippen LogP contribution < -0.4 is 11.5 Å². The Bertz CT molecular complexity index is 338. The molecule has 0 spiro atoms. The number of hydrogen-bond donors (Lipinski definition) is 3. The Balaban J connectivity index is 3.33. The van der Waals surface area contributed by atoms with Gasteiger partial charge >= 0.3 is 0 Å². The molecule has 1 aromatic rings. The van der Waals surface area contributed by atoms with Crippen LogP contribution in [-0.4, -0.2) is 8.76 Å². The summed E-state index contributed by atoms with van der Waals surface area (Å²) in [5.41, 5.74) is 12.5. The molecule has 1 rings (SSSR count). The summed E-state index contributed by atoms with van der Waals surface area (Å²) in [5.74, 6) is 0. The predicted octanol–water partition coefficient (Wildman–Crippen LogP) is 0.740. The zero-order valence-electron chi connectivity index (χ0n) is 6.57. The highest BCUT2D eigenvalue weighted by atomic mass is 32.2. The van der Waals surface area contributed by atoms with Crippen molar-refractivity contribution in [2.75, 3.05) is 11.5 Å². The second-order valence-corrected chi connectivity index (χ2v) is 3.43. The largest absolute Gasteiger partial charge is 0.398 e. The standard InChI is InChI=1S/C7H10N2O2S/c1-4-2-7(12(10)11)6(9)3-5(4)8/h2-3H,8-9H2,1H3,(H,10,11). The zero-order valence-corrected chi connectivity index (χ0v) is 7.39. The van der Waals surface area contributed by atoms with Gasteiger partial charge in [0.15, 0.2) is 11.1 Å². The monoisotopic (exact) mass is 186 g/mol. The van der Waals surface area contributed by atoms with Crippen LogP contribution in [0.3, 0.4) is 0 Å². The van der Waals surface area contributed by atoms with E-state index >= 15 is 0 Å². The maximum Gasteiger partial charge on any atom is 0.188 e. The maximum atomic E-state index is 10.7. The molecule has 5 heteroatoms. The third-order valence-electron chi connectivity index (χ3n) is 1.59. The van der Waals surface area contributed by atoms with Crippen LogP contribution in [0.4, 0.5) is 11.4 Å². The SMILES string of the molecule is Cc1cc(S(=O)O)c(N)cc1N. The average Bonchev–Trinajstić information content (AvgIpc) is 1.96. The molecule has 0 aliphatic rings. The fourth-order valence-corrected chi connectivity index (χ4v) is 1.41. The molecule has 0 aliphatic carbocycles. The van der Waals surface area contributed by atoms with Gasteiger partial charge < -0.3 is 16.0 Å². The van der Waals surface area contributed by atoms with Gasteiger partial charge in [-0.05, 0) is 24.6 Å². The van der Waals surface area contributed by atoms with Crippen molar-refractivity contribution in [3.63, 3.8) is 0 Å². The van der Waals surface area contributed by atoms with E-state index in [9.17, 15) is 4.21 Å². The van der Waals surface area contributed by atoms with E-state index in [1.807, 2.05) is 0 Å². The van der Waals surface area contributed by atoms with E-state index in [-0.39, 0.29) is 10.6 Å². The first kappa shape index (κ1) is 9.02. The molecule has 0 aliphatic heterocycles. The lowest BCUT2D eigenvalue weighted by atomic mass is 10.2. The van der Waals surface area contributed by atoms with Crippen LogP contribution >= 0.6 is 0 Å². The van der Waals surface area contributed by atoms with Gasteiger partial charge in [-0.1, -0.05) is 0 Å². The van der Waals surface area contributed by atoms with Gasteiger partial charge in [0.2, 0.25) is 0 Å². The number of anilines is 2. The van der Waals surface area contributed by atoms with Crippen LogP contribution in [0.25, 0.3) is 0 Å². The second-order valence-electron chi connectivity index (χ2n) is 2.50. The number of nitrogen functional groups attached to an aromatic ring is 2. The molecule has 0 aromatic heterocycles. The van der Waals surface area contributed by atoms with Gasteiger partial charge in [-0.3, -0.25) is 0 Å².